The standard InChI is InChI=1S/C8H6F3NO2/c9-7(10)5-1-4(2-6(13)14)8(11)12-3-5/h1,3,7H,2H2,(H,13,14). The average molecular weight is 205 g/mol. The minimum Gasteiger partial charge on any atom is -0.481 e. The number of carboxylic acids is 1. The number of hydrogen-bond acceptors (Lipinski definition) is 2. The summed E-state index contributed by atoms with van der Waals surface area (Å²) in [6, 6.07) is 0.807. The maximum atomic E-state index is 12.8. The van der Waals surface area contributed by atoms with Crippen molar-refractivity contribution in [3.05, 3.63) is 29.3 Å². The van der Waals surface area contributed by atoms with E-state index in [1.54, 1.807) is 0 Å². The molecule has 0 aliphatic carbocycles. The lowest BCUT2D eigenvalue weighted by atomic mass is 10.1. The second-order valence-electron chi connectivity index (χ2n) is 2.59. The van der Waals surface area contributed by atoms with Crippen molar-refractivity contribution in [2.45, 2.75) is 12.8 Å². The van der Waals surface area contributed by atoms with Gasteiger partial charge in [0.1, 0.15) is 0 Å². The third kappa shape index (κ3) is 2.45. The summed E-state index contributed by atoms with van der Waals surface area (Å²) in [5.74, 6) is -2.33. The number of carboxylic acid groups (broad SMARTS) is 1. The zero-order chi connectivity index (χ0) is 10.7. The number of aliphatic carboxylic acids is 1. The molecular formula is C8H6F3NO2. The Kier molecular flexibility index (Phi) is 3.06. The van der Waals surface area contributed by atoms with Crippen LogP contribution in [0.2, 0.25) is 0 Å². The molecule has 0 spiro atoms. The Labute approximate surface area is 77.2 Å². The van der Waals surface area contributed by atoms with Gasteiger partial charge in [-0.05, 0) is 6.07 Å². The van der Waals surface area contributed by atoms with Crippen LogP contribution in [0, 0.1) is 5.95 Å². The molecule has 0 aliphatic rings. The number of halogens is 3. The zero-order valence-corrected chi connectivity index (χ0v) is 6.88. The van der Waals surface area contributed by atoms with Crippen LogP contribution in [0.15, 0.2) is 12.3 Å². The lowest BCUT2D eigenvalue weighted by Crippen LogP contribution is -2.05. The monoisotopic (exact) mass is 205 g/mol. The summed E-state index contributed by atoms with van der Waals surface area (Å²) in [6.07, 6.45) is -2.75. The number of carbonyl (C=O) groups is 1. The molecule has 0 radical (unpaired) electrons. The Morgan fingerprint density at radius 3 is 2.71 bits per heavy atom. The van der Waals surface area contributed by atoms with Crippen molar-refractivity contribution in [2.24, 2.45) is 0 Å². The van der Waals surface area contributed by atoms with Crippen molar-refractivity contribution in [3.63, 3.8) is 0 Å². The number of aromatic nitrogens is 1. The topological polar surface area (TPSA) is 50.2 Å². The van der Waals surface area contributed by atoms with Gasteiger partial charge in [-0.1, -0.05) is 0 Å². The quantitative estimate of drug-likeness (QED) is 0.765. The van der Waals surface area contributed by atoms with Gasteiger partial charge in [0.2, 0.25) is 5.95 Å². The van der Waals surface area contributed by atoms with Gasteiger partial charge in [-0.25, -0.2) is 13.8 Å². The van der Waals surface area contributed by atoms with Crippen LogP contribution in [-0.4, -0.2) is 16.1 Å². The highest BCUT2D eigenvalue weighted by molar-refractivity contribution is 5.70. The van der Waals surface area contributed by atoms with E-state index in [2.05, 4.69) is 4.98 Å². The largest absolute Gasteiger partial charge is 0.481 e. The molecular weight excluding hydrogens is 199 g/mol. The van der Waals surface area contributed by atoms with Crippen molar-refractivity contribution in [3.8, 4) is 0 Å². The second-order valence-corrected chi connectivity index (χ2v) is 2.59. The van der Waals surface area contributed by atoms with Crippen LogP contribution in [0.1, 0.15) is 17.6 Å². The molecule has 0 saturated carbocycles. The summed E-state index contributed by atoms with van der Waals surface area (Å²) in [5, 5.41) is 8.34. The van der Waals surface area contributed by atoms with Crippen molar-refractivity contribution in [2.75, 3.05) is 0 Å². The molecule has 1 heterocycles. The molecule has 0 atom stereocenters. The normalized spacial score (nSPS) is 10.6. The fraction of sp³-hybridized carbons (Fsp3) is 0.250. The molecule has 1 aromatic rings. The lowest BCUT2D eigenvalue weighted by Gasteiger charge is -2.02. The van der Waals surface area contributed by atoms with Crippen LogP contribution < -0.4 is 0 Å². The summed E-state index contributed by atoms with van der Waals surface area (Å²) in [7, 11) is 0. The van der Waals surface area contributed by atoms with Crippen LogP contribution in [0.3, 0.4) is 0 Å². The zero-order valence-electron chi connectivity index (χ0n) is 6.88. The minimum absolute atomic E-state index is 0.338. The number of hydrogen-bond donors (Lipinski definition) is 1. The van der Waals surface area contributed by atoms with Crippen LogP contribution in [0.4, 0.5) is 13.2 Å². The molecule has 0 saturated heterocycles. The van der Waals surface area contributed by atoms with E-state index in [1.807, 2.05) is 0 Å². The fourth-order valence-corrected chi connectivity index (χ4v) is 0.918. The Morgan fingerprint density at radius 2 is 2.21 bits per heavy atom. The summed E-state index contributed by atoms with van der Waals surface area (Å²) in [4.78, 5) is 13.3. The molecule has 0 fully saturated rings. The highest BCUT2D eigenvalue weighted by Gasteiger charge is 2.13. The maximum absolute atomic E-state index is 12.8. The first kappa shape index (κ1) is 10.5. The maximum Gasteiger partial charge on any atom is 0.307 e. The van der Waals surface area contributed by atoms with Gasteiger partial charge in [-0.2, -0.15) is 4.39 Å². The highest BCUT2D eigenvalue weighted by Crippen LogP contribution is 2.19. The van der Waals surface area contributed by atoms with Crippen LogP contribution >= 0.6 is 0 Å². The van der Waals surface area contributed by atoms with Gasteiger partial charge in [-0.15, -0.1) is 0 Å². The van der Waals surface area contributed by atoms with E-state index in [4.69, 9.17) is 5.11 Å². The van der Waals surface area contributed by atoms with Gasteiger partial charge >= 0.3 is 5.97 Å². The second kappa shape index (κ2) is 4.08. The SMILES string of the molecule is O=C(O)Cc1cc(C(F)F)cnc1F. The molecule has 1 aromatic heterocycles. The van der Waals surface area contributed by atoms with Crippen molar-refractivity contribution < 1.29 is 23.1 Å². The van der Waals surface area contributed by atoms with E-state index < -0.39 is 30.3 Å². The first-order valence-corrected chi connectivity index (χ1v) is 3.65. The molecule has 0 unspecified atom stereocenters. The molecule has 14 heavy (non-hydrogen) atoms. The first-order chi connectivity index (χ1) is 6.50. The lowest BCUT2D eigenvalue weighted by molar-refractivity contribution is -0.136. The Balaban J connectivity index is 3.02. The van der Waals surface area contributed by atoms with Crippen molar-refractivity contribution >= 4 is 5.97 Å². The van der Waals surface area contributed by atoms with Gasteiger partial charge in [0.05, 0.1) is 6.42 Å². The van der Waals surface area contributed by atoms with Gasteiger partial charge in [-0.3, -0.25) is 4.79 Å². The summed E-state index contributed by atoms with van der Waals surface area (Å²) >= 11 is 0. The molecule has 0 bridgehead atoms. The smallest absolute Gasteiger partial charge is 0.307 e. The van der Waals surface area contributed by atoms with Gasteiger partial charge in [0.25, 0.3) is 6.43 Å². The third-order valence-corrected chi connectivity index (χ3v) is 1.53. The van der Waals surface area contributed by atoms with Crippen molar-refractivity contribution in [1.82, 2.24) is 4.98 Å². The Hall–Kier alpha value is -1.59. The molecule has 3 nitrogen and oxygen atoms in total. The predicted octanol–water partition coefficient (Wildman–Crippen LogP) is 1.79. The van der Waals surface area contributed by atoms with E-state index in [0.29, 0.717) is 6.20 Å². The number of rotatable bonds is 3. The number of alkyl halides is 2. The molecule has 1 N–H and O–H groups in total. The third-order valence-electron chi connectivity index (χ3n) is 1.53. The van der Waals surface area contributed by atoms with Crippen molar-refractivity contribution in [1.29, 1.82) is 0 Å². The first-order valence-electron chi connectivity index (χ1n) is 3.65. The molecule has 0 aromatic carbocycles. The predicted molar refractivity (Wildman–Crippen MR) is 40.5 cm³/mol. The highest BCUT2D eigenvalue weighted by atomic mass is 19.3. The summed E-state index contributed by atoms with van der Waals surface area (Å²) in [6.45, 7) is 0. The van der Waals surface area contributed by atoms with E-state index in [9.17, 15) is 18.0 Å². The van der Waals surface area contributed by atoms with Gasteiger partial charge in [0.15, 0.2) is 0 Å². The van der Waals surface area contributed by atoms with Gasteiger partial charge < -0.3 is 5.11 Å². The van der Waals surface area contributed by atoms with Crippen LogP contribution in [0.5, 0.6) is 0 Å². The summed E-state index contributed by atoms with van der Waals surface area (Å²) in [5.41, 5.74) is -0.821. The Bertz CT molecular complexity index is 354. The molecule has 0 amide bonds. The average Bonchev–Trinajstić information content (AvgIpc) is 2.07. The number of nitrogens with zero attached hydrogens (tertiary/aromatic N) is 1. The van der Waals surface area contributed by atoms with E-state index in [-0.39, 0.29) is 5.56 Å². The summed E-state index contributed by atoms with van der Waals surface area (Å²) < 4.78 is 37.0. The van der Waals surface area contributed by atoms with Crippen LogP contribution in [0.25, 0.3) is 0 Å². The molecule has 6 heteroatoms. The number of pyridine rings is 1. The molecule has 1 rings (SSSR count). The van der Waals surface area contributed by atoms with E-state index >= 15 is 0 Å². The minimum atomic E-state index is -2.78. The van der Waals surface area contributed by atoms with Crippen LogP contribution in [-0.2, 0) is 11.2 Å². The van der Waals surface area contributed by atoms with E-state index in [0.717, 1.165) is 6.07 Å². The van der Waals surface area contributed by atoms with E-state index in [1.165, 1.54) is 0 Å². The fourth-order valence-electron chi connectivity index (χ4n) is 0.918. The molecule has 0 aliphatic heterocycles. The Morgan fingerprint density at radius 1 is 1.57 bits per heavy atom. The van der Waals surface area contributed by atoms with Gasteiger partial charge in [0, 0.05) is 17.3 Å². The molecule has 76 valence electrons.